The number of nitrogens with one attached hydrogen (secondary N) is 1. The Morgan fingerprint density at radius 2 is 2.35 bits per heavy atom. The molecule has 1 N–H and O–H groups in total. The largest absolute Gasteiger partial charge is 0.381 e. The number of halogens is 1. The van der Waals surface area contributed by atoms with Gasteiger partial charge in [-0.05, 0) is 25.0 Å². The maximum atomic E-state index is 11.6. The number of ether oxygens (including phenoxy) is 1. The van der Waals surface area contributed by atoms with Crippen molar-refractivity contribution in [1.82, 2.24) is 10.3 Å². The number of hydrogen-bond donors (Lipinski definition) is 1. The van der Waals surface area contributed by atoms with Gasteiger partial charge in [0.15, 0.2) is 0 Å². The molecule has 1 rings (SSSR count). The van der Waals surface area contributed by atoms with E-state index >= 15 is 0 Å². The van der Waals surface area contributed by atoms with Crippen molar-refractivity contribution in [1.29, 1.82) is 0 Å². The zero-order valence-corrected chi connectivity index (χ0v) is 10.7. The normalized spacial score (nSPS) is 10.2. The highest BCUT2D eigenvalue weighted by Crippen LogP contribution is 2.07. The molecule has 1 aromatic rings. The minimum absolute atomic E-state index is 0.206. The number of carbonyl (C=O) groups excluding carboxylic acids is 1. The van der Waals surface area contributed by atoms with Gasteiger partial charge in [-0.25, -0.2) is 0 Å². The van der Waals surface area contributed by atoms with Crippen LogP contribution in [0.25, 0.3) is 0 Å². The molecule has 94 valence electrons. The Morgan fingerprint density at radius 1 is 1.53 bits per heavy atom. The van der Waals surface area contributed by atoms with Gasteiger partial charge in [-0.2, -0.15) is 0 Å². The van der Waals surface area contributed by atoms with Crippen LogP contribution in [0.2, 0.25) is 5.02 Å². The fourth-order valence-electron chi connectivity index (χ4n) is 1.24. The monoisotopic (exact) mass is 256 g/mol. The average Bonchev–Trinajstić information content (AvgIpc) is 2.33. The highest BCUT2D eigenvalue weighted by atomic mass is 35.5. The molecular weight excluding hydrogens is 240 g/mol. The summed E-state index contributed by atoms with van der Waals surface area (Å²) in [5.41, 5.74) is 0.340. The van der Waals surface area contributed by atoms with E-state index in [0.717, 1.165) is 19.4 Å². The molecule has 0 fully saturated rings. The van der Waals surface area contributed by atoms with Crippen molar-refractivity contribution in [2.75, 3.05) is 19.8 Å². The predicted octanol–water partition coefficient (Wildman–Crippen LogP) is 2.28. The third-order valence-corrected chi connectivity index (χ3v) is 2.29. The summed E-state index contributed by atoms with van der Waals surface area (Å²) in [6.45, 7) is 4.07. The molecule has 0 aliphatic rings. The van der Waals surface area contributed by atoms with E-state index in [0.29, 0.717) is 23.9 Å². The lowest BCUT2D eigenvalue weighted by molar-refractivity contribution is 0.0936. The van der Waals surface area contributed by atoms with Gasteiger partial charge in [0.2, 0.25) is 0 Å². The van der Waals surface area contributed by atoms with Crippen molar-refractivity contribution in [3.05, 3.63) is 29.0 Å². The molecule has 1 aromatic heterocycles. The fraction of sp³-hybridized carbons (Fsp3) is 0.500. The predicted molar refractivity (Wildman–Crippen MR) is 67.3 cm³/mol. The van der Waals surface area contributed by atoms with Crippen molar-refractivity contribution >= 4 is 17.5 Å². The maximum absolute atomic E-state index is 11.6. The first-order valence-electron chi connectivity index (χ1n) is 5.71. The number of rotatable bonds is 7. The van der Waals surface area contributed by atoms with Gasteiger partial charge >= 0.3 is 0 Å². The summed E-state index contributed by atoms with van der Waals surface area (Å²) in [6, 6.07) is 3.18. The van der Waals surface area contributed by atoms with Gasteiger partial charge in [0.1, 0.15) is 5.69 Å². The standard InChI is InChI=1S/C12H17ClN2O2/c1-2-7-17-8-3-5-15-12(16)11-9-10(13)4-6-14-11/h4,6,9H,2-3,5,7-8H2,1H3,(H,15,16). The molecule has 0 aliphatic heterocycles. The number of aromatic nitrogens is 1. The van der Waals surface area contributed by atoms with Crippen molar-refractivity contribution in [2.45, 2.75) is 19.8 Å². The first-order chi connectivity index (χ1) is 8.24. The quantitative estimate of drug-likeness (QED) is 0.762. The number of nitrogens with zero attached hydrogens (tertiary/aromatic N) is 1. The topological polar surface area (TPSA) is 51.2 Å². The average molecular weight is 257 g/mol. The van der Waals surface area contributed by atoms with Crippen LogP contribution >= 0.6 is 11.6 Å². The van der Waals surface area contributed by atoms with E-state index in [1.54, 1.807) is 12.1 Å². The third-order valence-electron chi connectivity index (χ3n) is 2.05. The second kappa shape index (κ2) is 8.03. The Balaban J connectivity index is 2.21. The Hall–Kier alpha value is -1.13. The minimum atomic E-state index is -0.206. The van der Waals surface area contributed by atoms with Crippen molar-refractivity contribution < 1.29 is 9.53 Å². The Labute approximate surface area is 106 Å². The van der Waals surface area contributed by atoms with Crippen molar-refractivity contribution in [2.24, 2.45) is 0 Å². The lowest BCUT2D eigenvalue weighted by atomic mass is 10.3. The van der Waals surface area contributed by atoms with Crippen LogP contribution in [0.5, 0.6) is 0 Å². The van der Waals surface area contributed by atoms with Crippen LogP contribution in [0.4, 0.5) is 0 Å². The van der Waals surface area contributed by atoms with Gasteiger partial charge in [0.25, 0.3) is 5.91 Å². The second-order valence-corrected chi connectivity index (χ2v) is 4.02. The molecule has 0 aliphatic carbocycles. The molecule has 0 aromatic carbocycles. The van der Waals surface area contributed by atoms with Crippen LogP contribution in [0, 0.1) is 0 Å². The summed E-state index contributed by atoms with van der Waals surface area (Å²) in [5, 5.41) is 3.27. The van der Waals surface area contributed by atoms with Crippen LogP contribution in [0.3, 0.4) is 0 Å². The number of pyridine rings is 1. The van der Waals surface area contributed by atoms with Gasteiger partial charge < -0.3 is 10.1 Å². The van der Waals surface area contributed by atoms with Gasteiger partial charge in [-0.3, -0.25) is 9.78 Å². The highest BCUT2D eigenvalue weighted by molar-refractivity contribution is 6.30. The highest BCUT2D eigenvalue weighted by Gasteiger charge is 2.06. The maximum Gasteiger partial charge on any atom is 0.269 e. The van der Waals surface area contributed by atoms with E-state index in [-0.39, 0.29) is 5.91 Å². The van der Waals surface area contributed by atoms with E-state index in [4.69, 9.17) is 16.3 Å². The first-order valence-corrected chi connectivity index (χ1v) is 6.09. The zero-order valence-electron chi connectivity index (χ0n) is 9.91. The number of hydrogen-bond acceptors (Lipinski definition) is 3. The first kappa shape index (κ1) is 13.9. The molecule has 0 radical (unpaired) electrons. The summed E-state index contributed by atoms with van der Waals surface area (Å²) >= 11 is 5.77. The SMILES string of the molecule is CCCOCCCNC(=O)c1cc(Cl)ccn1. The van der Waals surface area contributed by atoms with Crippen LogP contribution in [0.15, 0.2) is 18.3 Å². The molecule has 0 unspecified atom stereocenters. The molecular formula is C12H17ClN2O2. The van der Waals surface area contributed by atoms with Gasteiger partial charge in [-0.15, -0.1) is 0 Å². The van der Waals surface area contributed by atoms with E-state index in [1.165, 1.54) is 6.20 Å². The molecule has 0 saturated heterocycles. The van der Waals surface area contributed by atoms with E-state index in [1.807, 2.05) is 0 Å². The van der Waals surface area contributed by atoms with Crippen molar-refractivity contribution in [3.8, 4) is 0 Å². The number of amides is 1. The van der Waals surface area contributed by atoms with Gasteiger partial charge in [0.05, 0.1) is 0 Å². The van der Waals surface area contributed by atoms with Crippen LogP contribution in [0.1, 0.15) is 30.3 Å². The molecule has 4 nitrogen and oxygen atoms in total. The van der Waals surface area contributed by atoms with Crippen LogP contribution < -0.4 is 5.32 Å². The molecule has 1 amide bonds. The Kier molecular flexibility index (Phi) is 6.58. The summed E-state index contributed by atoms with van der Waals surface area (Å²) < 4.78 is 5.30. The Morgan fingerprint density at radius 3 is 3.06 bits per heavy atom. The number of carbonyl (C=O) groups is 1. The van der Waals surface area contributed by atoms with E-state index in [2.05, 4.69) is 17.2 Å². The molecule has 17 heavy (non-hydrogen) atoms. The van der Waals surface area contributed by atoms with Gasteiger partial charge in [-0.1, -0.05) is 18.5 Å². The molecule has 0 bridgehead atoms. The van der Waals surface area contributed by atoms with Crippen molar-refractivity contribution in [3.63, 3.8) is 0 Å². The second-order valence-electron chi connectivity index (χ2n) is 3.58. The summed E-state index contributed by atoms with van der Waals surface area (Å²) in [6.07, 6.45) is 3.33. The van der Waals surface area contributed by atoms with E-state index < -0.39 is 0 Å². The lowest BCUT2D eigenvalue weighted by Gasteiger charge is -2.05. The zero-order chi connectivity index (χ0) is 12.5. The summed E-state index contributed by atoms with van der Waals surface area (Å²) in [4.78, 5) is 15.6. The van der Waals surface area contributed by atoms with Crippen LogP contribution in [-0.4, -0.2) is 30.6 Å². The minimum Gasteiger partial charge on any atom is -0.381 e. The lowest BCUT2D eigenvalue weighted by Crippen LogP contribution is -2.26. The third kappa shape index (κ3) is 5.65. The summed E-state index contributed by atoms with van der Waals surface area (Å²) in [5.74, 6) is -0.206. The molecule has 1 heterocycles. The van der Waals surface area contributed by atoms with Gasteiger partial charge in [0, 0.05) is 31.0 Å². The van der Waals surface area contributed by atoms with E-state index in [9.17, 15) is 4.79 Å². The molecule has 0 saturated carbocycles. The van der Waals surface area contributed by atoms with Crippen LogP contribution in [-0.2, 0) is 4.74 Å². The fourth-order valence-corrected chi connectivity index (χ4v) is 1.40. The molecule has 0 atom stereocenters. The Bertz CT molecular complexity index is 358. The smallest absolute Gasteiger partial charge is 0.269 e. The molecule has 0 spiro atoms. The molecule has 5 heteroatoms. The summed E-state index contributed by atoms with van der Waals surface area (Å²) in [7, 11) is 0.